The Hall–Kier alpha value is -1.25. The standard InChI is InChI=1S/C18H20Cl2N2O3S2/c1-26-11-10-17(18(23)21-12-13-4-2-3-5-16(13)20)22-27(24,25)15-8-6-14(19)7-9-15/h2-9,17,22H,10-12H2,1H3,(H,21,23)/t17-/m1/s1. The van der Waals surface area contributed by atoms with E-state index in [1.807, 2.05) is 12.3 Å². The molecule has 0 aliphatic rings. The first-order valence-corrected chi connectivity index (χ1v) is 11.7. The molecular weight excluding hydrogens is 427 g/mol. The monoisotopic (exact) mass is 446 g/mol. The maximum absolute atomic E-state index is 12.6. The van der Waals surface area contributed by atoms with Crippen LogP contribution < -0.4 is 10.0 Å². The Morgan fingerprint density at radius 2 is 1.78 bits per heavy atom. The summed E-state index contributed by atoms with van der Waals surface area (Å²) < 4.78 is 27.7. The zero-order valence-electron chi connectivity index (χ0n) is 14.6. The second-order valence-electron chi connectivity index (χ2n) is 5.72. The third kappa shape index (κ3) is 6.69. The van der Waals surface area contributed by atoms with Crippen LogP contribution in [0, 0.1) is 0 Å². The Morgan fingerprint density at radius 3 is 2.41 bits per heavy atom. The van der Waals surface area contributed by atoms with Crippen molar-refractivity contribution in [2.75, 3.05) is 12.0 Å². The van der Waals surface area contributed by atoms with Gasteiger partial charge in [-0.15, -0.1) is 0 Å². The molecule has 2 aromatic rings. The van der Waals surface area contributed by atoms with E-state index in [-0.39, 0.29) is 11.4 Å². The minimum absolute atomic E-state index is 0.0555. The summed E-state index contributed by atoms with van der Waals surface area (Å²) in [5.41, 5.74) is 0.761. The molecule has 0 aliphatic heterocycles. The molecule has 146 valence electrons. The molecule has 1 amide bonds. The number of carbonyl (C=O) groups excluding carboxylic acids is 1. The molecule has 2 aromatic carbocycles. The van der Waals surface area contributed by atoms with Crippen LogP contribution in [0.4, 0.5) is 0 Å². The number of hydrogen-bond donors (Lipinski definition) is 2. The molecule has 5 nitrogen and oxygen atoms in total. The van der Waals surface area contributed by atoms with E-state index < -0.39 is 22.0 Å². The number of amides is 1. The van der Waals surface area contributed by atoms with Crippen molar-refractivity contribution in [2.24, 2.45) is 0 Å². The minimum atomic E-state index is -3.85. The van der Waals surface area contributed by atoms with Crippen molar-refractivity contribution in [1.29, 1.82) is 0 Å². The average Bonchev–Trinajstić information content (AvgIpc) is 2.64. The first kappa shape index (κ1) is 22.0. The summed E-state index contributed by atoms with van der Waals surface area (Å²) in [6, 6.07) is 12.1. The lowest BCUT2D eigenvalue weighted by molar-refractivity contribution is -0.122. The smallest absolute Gasteiger partial charge is 0.241 e. The quantitative estimate of drug-likeness (QED) is 0.615. The van der Waals surface area contributed by atoms with E-state index in [0.29, 0.717) is 22.2 Å². The van der Waals surface area contributed by atoms with Crippen LogP contribution in [0.1, 0.15) is 12.0 Å². The number of benzene rings is 2. The maximum Gasteiger partial charge on any atom is 0.241 e. The van der Waals surface area contributed by atoms with Gasteiger partial charge in [-0.05, 0) is 54.3 Å². The SMILES string of the molecule is CSCC[C@@H](NS(=O)(=O)c1ccc(Cl)cc1)C(=O)NCc1ccccc1Cl. The van der Waals surface area contributed by atoms with Crippen molar-refractivity contribution in [3.8, 4) is 0 Å². The Kier molecular flexibility index (Phi) is 8.44. The number of sulfonamides is 1. The van der Waals surface area contributed by atoms with E-state index in [0.717, 1.165) is 5.56 Å². The number of halogens is 2. The van der Waals surface area contributed by atoms with Crippen molar-refractivity contribution >= 4 is 50.9 Å². The third-order valence-electron chi connectivity index (χ3n) is 3.76. The Balaban J connectivity index is 2.10. The number of rotatable bonds is 9. The lowest BCUT2D eigenvalue weighted by Crippen LogP contribution is -2.46. The minimum Gasteiger partial charge on any atom is -0.351 e. The lowest BCUT2D eigenvalue weighted by atomic mass is 10.2. The Labute approximate surface area is 173 Å². The van der Waals surface area contributed by atoms with Crippen molar-refractivity contribution in [3.63, 3.8) is 0 Å². The highest BCUT2D eigenvalue weighted by molar-refractivity contribution is 7.98. The van der Waals surface area contributed by atoms with E-state index in [1.54, 1.807) is 18.2 Å². The van der Waals surface area contributed by atoms with Gasteiger partial charge in [-0.1, -0.05) is 41.4 Å². The molecule has 0 aromatic heterocycles. The van der Waals surface area contributed by atoms with Gasteiger partial charge >= 0.3 is 0 Å². The Morgan fingerprint density at radius 1 is 1.11 bits per heavy atom. The molecule has 0 bridgehead atoms. The van der Waals surface area contributed by atoms with Crippen molar-refractivity contribution in [2.45, 2.75) is 23.9 Å². The van der Waals surface area contributed by atoms with Crippen molar-refractivity contribution in [3.05, 3.63) is 64.1 Å². The van der Waals surface area contributed by atoms with Gasteiger partial charge in [0.25, 0.3) is 0 Å². The Bertz CT molecular complexity index is 874. The molecule has 0 aliphatic carbocycles. The topological polar surface area (TPSA) is 75.3 Å². The molecule has 0 fully saturated rings. The summed E-state index contributed by atoms with van der Waals surface area (Å²) in [5, 5.41) is 3.73. The highest BCUT2D eigenvalue weighted by atomic mass is 35.5. The van der Waals surface area contributed by atoms with Gasteiger partial charge in [0, 0.05) is 16.6 Å². The van der Waals surface area contributed by atoms with Gasteiger partial charge in [0.15, 0.2) is 0 Å². The molecule has 0 saturated carbocycles. The van der Waals surface area contributed by atoms with Crippen LogP contribution in [0.15, 0.2) is 53.4 Å². The number of thioether (sulfide) groups is 1. The van der Waals surface area contributed by atoms with Gasteiger partial charge in [-0.25, -0.2) is 8.42 Å². The second kappa shape index (κ2) is 10.3. The van der Waals surface area contributed by atoms with E-state index in [1.165, 1.54) is 36.0 Å². The molecule has 9 heteroatoms. The highest BCUT2D eigenvalue weighted by Gasteiger charge is 2.25. The predicted molar refractivity (Wildman–Crippen MR) is 112 cm³/mol. The molecule has 2 N–H and O–H groups in total. The van der Waals surface area contributed by atoms with Crippen LogP contribution in [0.5, 0.6) is 0 Å². The molecule has 0 radical (unpaired) electrons. The summed E-state index contributed by atoms with van der Waals surface area (Å²) in [6.45, 7) is 0.219. The maximum atomic E-state index is 12.6. The van der Waals surface area contributed by atoms with E-state index in [4.69, 9.17) is 23.2 Å². The lowest BCUT2D eigenvalue weighted by Gasteiger charge is -2.18. The fourth-order valence-electron chi connectivity index (χ4n) is 2.30. The van der Waals surface area contributed by atoms with Gasteiger partial charge in [0.05, 0.1) is 4.90 Å². The van der Waals surface area contributed by atoms with Gasteiger partial charge in [-0.2, -0.15) is 16.5 Å². The van der Waals surface area contributed by atoms with Crippen molar-refractivity contribution in [1.82, 2.24) is 10.0 Å². The van der Waals surface area contributed by atoms with E-state index in [9.17, 15) is 13.2 Å². The molecule has 0 unspecified atom stereocenters. The first-order chi connectivity index (χ1) is 12.8. The van der Waals surface area contributed by atoms with Crippen LogP contribution in [0.3, 0.4) is 0 Å². The number of nitrogens with one attached hydrogen (secondary N) is 2. The largest absolute Gasteiger partial charge is 0.351 e. The molecule has 0 heterocycles. The van der Waals surface area contributed by atoms with Gasteiger partial charge in [-0.3, -0.25) is 4.79 Å². The van der Waals surface area contributed by atoms with Crippen LogP contribution in [0.2, 0.25) is 10.0 Å². The van der Waals surface area contributed by atoms with Crippen LogP contribution in [-0.2, 0) is 21.4 Å². The third-order valence-corrected chi connectivity index (χ3v) is 6.51. The van der Waals surface area contributed by atoms with Crippen LogP contribution >= 0.6 is 35.0 Å². The number of hydrogen-bond acceptors (Lipinski definition) is 4. The molecule has 0 saturated heterocycles. The molecule has 1 atom stereocenters. The second-order valence-corrected chi connectivity index (χ2v) is 9.26. The molecule has 27 heavy (non-hydrogen) atoms. The van der Waals surface area contributed by atoms with Gasteiger partial charge < -0.3 is 5.32 Å². The zero-order chi connectivity index (χ0) is 19.9. The van der Waals surface area contributed by atoms with Crippen molar-refractivity contribution < 1.29 is 13.2 Å². The molecular formula is C18H20Cl2N2O3S2. The fourth-order valence-corrected chi connectivity index (χ4v) is 4.33. The van der Waals surface area contributed by atoms with E-state index >= 15 is 0 Å². The van der Waals surface area contributed by atoms with Crippen LogP contribution in [0.25, 0.3) is 0 Å². The van der Waals surface area contributed by atoms with Gasteiger partial charge in [0.2, 0.25) is 15.9 Å². The van der Waals surface area contributed by atoms with E-state index in [2.05, 4.69) is 10.0 Å². The summed E-state index contributed by atoms with van der Waals surface area (Å²) >= 11 is 13.4. The van der Waals surface area contributed by atoms with Gasteiger partial charge in [0.1, 0.15) is 6.04 Å². The summed E-state index contributed by atoms with van der Waals surface area (Å²) in [5.74, 6) is 0.231. The first-order valence-electron chi connectivity index (χ1n) is 8.11. The summed E-state index contributed by atoms with van der Waals surface area (Å²) in [6.07, 6.45) is 2.26. The molecule has 2 rings (SSSR count). The summed E-state index contributed by atoms with van der Waals surface area (Å²) in [7, 11) is -3.85. The molecule has 0 spiro atoms. The fraction of sp³-hybridized carbons (Fsp3) is 0.278. The average molecular weight is 447 g/mol. The van der Waals surface area contributed by atoms with Crippen LogP contribution in [-0.4, -0.2) is 32.4 Å². The highest BCUT2D eigenvalue weighted by Crippen LogP contribution is 2.16. The number of carbonyl (C=O) groups is 1. The predicted octanol–water partition coefficient (Wildman–Crippen LogP) is 3.71. The zero-order valence-corrected chi connectivity index (χ0v) is 17.8. The normalized spacial score (nSPS) is 12.6. The summed E-state index contributed by atoms with van der Waals surface area (Å²) in [4.78, 5) is 12.6.